The van der Waals surface area contributed by atoms with Crippen molar-refractivity contribution in [2.24, 2.45) is 0 Å². The zero-order valence-electron chi connectivity index (χ0n) is 47.2. The minimum Gasteiger partial charge on any atom is -0.454 e. The molecule has 0 aliphatic carbocycles. The van der Waals surface area contributed by atoms with E-state index in [9.17, 15) is 35.1 Å². The summed E-state index contributed by atoms with van der Waals surface area (Å²) in [5.41, 5.74) is 0. The van der Waals surface area contributed by atoms with Crippen molar-refractivity contribution < 1.29 is 49.3 Å². The lowest BCUT2D eigenvalue weighted by Gasteiger charge is -2.41. The molecule has 1 aliphatic rings. The second-order valence-electron chi connectivity index (χ2n) is 20.8. The Labute approximate surface area is 451 Å². The summed E-state index contributed by atoms with van der Waals surface area (Å²) in [4.78, 5) is 26.5. The number of rotatable bonds is 50. The van der Waals surface area contributed by atoms with E-state index in [1.54, 1.807) is 6.08 Å². The minimum atomic E-state index is -1.62. The first-order valence-corrected chi connectivity index (χ1v) is 30.3. The lowest BCUT2D eigenvalue weighted by atomic mass is 9.99. The van der Waals surface area contributed by atoms with Crippen LogP contribution in [0.3, 0.4) is 0 Å². The van der Waals surface area contributed by atoms with Crippen LogP contribution in [0.2, 0.25) is 0 Å². The fourth-order valence-corrected chi connectivity index (χ4v) is 9.13. The van der Waals surface area contributed by atoms with Crippen molar-refractivity contribution in [3.63, 3.8) is 0 Å². The second-order valence-corrected chi connectivity index (χ2v) is 20.8. The normalized spacial score (nSPS) is 19.8. The molecule has 0 bridgehead atoms. The van der Waals surface area contributed by atoms with Gasteiger partial charge in [0.25, 0.3) is 0 Å². The van der Waals surface area contributed by atoms with Crippen molar-refractivity contribution in [3.05, 3.63) is 72.9 Å². The van der Waals surface area contributed by atoms with Crippen LogP contribution >= 0.6 is 0 Å². The van der Waals surface area contributed by atoms with Gasteiger partial charge in [-0.05, 0) is 70.6 Å². The van der Waals surface area contributed by atoms with Crippen LogP contribution in [-0.4, -0.2) is 99.6 Å². The summed E-state index contributed by atoms with van der Waals surface area (Å²) < 4.78 is 17.6. The van der Waals surface area contributed by atoms with E-state index < -0.39 is 67.4 Å². The molecular formula is C63H111NO10. The Kier molecular flexibility index (Phi) is 47.5. The van der Waals surface area contributed by atoms with Gasteiger partial charge in [0.05, 0.1) is 25.4 Å². The number of aliphatic hydroxyl groups excluding tert-OH is 5. The van der Waals surface area contributed by atoms with Crippen molar-refractivity contribution in [2.75, 3.05) is 13.2 Å². The molecule has 11 nitrogen and oxygen atoms in total. The Morgan fingerprint density at radius 1 is 0.541 bits per heavy atom. The molecule has 1 aliphatic heterocycles. The van der Waals surface area contributed by atoms with Crippen molar-refractivity contribution in [1.82, 2.24) is 5.32 Å². The first-order chi connectivity index (χ1) is 36.2. The number of carbonyl (C=O) groups is 2. The highest BCUT2D eigenvalue weighted by Crippen LogP contribution is 2.26. The number of hydrogen-bond acceptors (Lipinski definition) is 10. The molecule has 1 saturated heterocycles. The number of unbranched alkanes of at least 4 members (excludes halogenated alkanes) is 29. The van der Waals surface area contributed by atoms with Gasteiger partial charge in [-0.15, -0.1) is 0 Å². The average Bonchev–Trinajstić information content (AvgIpc) is 3.40. The van der Waals surface area contributed by atoms with Crippen LogP contribution in [-0.2, 0) is 23.8 Å². The highest BCUT2D eigenvalue weighted by Gasteiger charge is 2.47. The number of ether oxygens (including phenoxy) is 3. The fourth-order valence-electron chi connectivity index (χ4n) is 9.13. The molecule has 74 heavy (non-hydrogen) atoms. The summed E-state index contributed by atoms with van der Waals surface area (Å²) in [5, 5.41) is 56.8. The van der Waals surface area contributed by atoms with Crippen LogP contribution in [0.4, 0.5) is 0 Å². The molecule has 8 atom stereocenters. The van der Waals surface area contributed by atoms with Gasteiger partial charge in [-0.3, -0.25) is 9.59 Å². The van der Waals surface area contributed by atoms with Gasteiger partial charge in [0.1, 0.15) is 24.4 Å². The zero-order chi connectivity index (χ0) is 54.0. The molecule has 428 valence electrons. The molecular weight excluding hydrogens is 931 g/mol. The standard InChI is InChI=1S/C63H111NO10/c1-4-7-10-13-16-19-22-25-26-27-28-29-30-31-32-33-36-39-42-45-48-51-58(68)74-61-60(70)59(69)57(52-65)73-63(61)72-53-54(55(66)49-46-43-40-37-34-23-20-17-14-11-8-5-2)64-62(71)56(67)50-47-44-41-38-35-24-21-18-15-12-9-6-3/h9,12,15,18,21,24-26,35,38,46,49,54-57,59-61,63,65-67,69-70H,4-8,10-11,13-14,16-17,19-20,22-23,27-34,36-37,39-45,47-48,50-53H2,1-3H3,(H,64,71)/b12-9+,18-15+,24-21-,26-25+,38-35-,49-46+. The maximum Gasteiger partial charge on any atom is 0.306 e. The summed E-state index contributed by atoms with van der Waals surface area (Å²) in [6.45, 7) is 5.61. The van der Waals surface area contributed by atoms with Crippen LogP contribution in [0.1, 0.15) is 252 Å². The van der Waals surface area contributed by atoms with Gasteiger partial charge in [0, 0.05) is 6.42 Å². The SMILES string of the molecule is CC/C=C/C=C/C=C\C=C/CCCCC(O)C(=O)NC(COC1OC(CO)C(O)C(O)C1OC(=O)CCCCCCCCCCCCC/C=C/CCCCCCCC)C(O)/C=C/CCCCCCCCCCCC. The Bertz CT molecular complexity index is 1480. The van der Waals surface area contributed by atoms with E-state index in [2.05, 4.69) is 44.3 Å². The highest BCUT2D eigenvalue weighted by molar-refractivity contribution is 5.80. The van der Waals surface area contributed by atoms with E-state index >= 15 is 0 Å². The topological polar surface area (TPSA) is 175 Å². The molecule has 1 rings (SSSR count). The Balaban J connectivity index is 2.67. The molecule has 0 spiro atoms. The van der Waals surface area contributed by atoms with Crippen molar-refractivity contribution in [3.8, 4) is 0 Å². The van der Waals surface area contributed by atoms with Crippen molar-refractivity contribution in [2.45, 2.75) is 301 Å². The third-order valence-electron chi connectivity index (χ3n) is 13.9. The summed E-state index contributed by atoms with van der Waals surface area (Å²) >= 11 is 0. The molecule has 0 radical (unpaired) electrons. The first kappa shape index (κ1) is 69.1. The number of amides is 1. The van der Waals surface area contributed by atoms with Crippen molar-refractivity contribution in [1.29, 1.82) is 0 Å². The third-order valence-corrected chi connectivity index (χ3v) is 13.9. The smallest absolute Gasteiger partial charge is 0.306 e. The van der Waals surface area contributed by atoms with E-state index in [1.807, 2.05) is 48.6 Å². The van der Waals surface area contributed by atoms with Crippen LogP contribution in [0.25, 0.3) is 0 Å². The quantitative estimate of drug-likeness (QED) is 0.0149. The monoisotopic (exact) mass is 1040 g/mol. The molecule has 6 N–H and O–H groups in total. The Morgan fingerprint density at radius 3 is 1.50 bits per heavy atom. The molecule has 0 saturated carbocycles. The van der Waals surface area contributed by atoms with E-state index in [4.69, 9.17) is 14.2 Å². The Hall–Kier alpha value is -2.90. The van der Waals surface area contributed by atoms with E-state index in [-0.39, 0.29) is 19.4 Å². The fraction of sp³-hybridized carbons (Fsp3) is 0.778. The lowest BCUT2D eigenvalue weighted by molar-refractivity contribution is -0.305. The average molecular weight is 1040 g/mol. The van der Waals surface area contributed by atoms with Crippen molar-refractivity contribution >= 4 is 11.9 Å². The van der Waals surface area contributed by atoms with E-state index in [0.717, 1.165) is 64.2 Å². The molecule has 1 heterocycles. The number of esters is 1. The molecule has 1 fully saturated rings. The number of carbonyl (C=O) groups excluding carboxylic acids is 2. The predicted octanol–water partition coefficient (Wildman–Crippen LogP) is 14.0. The number of hydrogen-bond donors (Lipinski definition) is 6. The lowest BCUT2D eigenvalue weighted by Crippen LogP contribution is -2.61. The van der Waals surface area contributed by atoms with Gasteiger partial charge >= 0.3 is 5.97 Å². The summed E-state index contributed by atoms with van der Waals surface area (Å²) in [5.74, 6) is -1.24. The largest absolute Gasteiger partial charge is 0.454 e. The van der Waals surface area contributed by atoms with Crippen LogP contribution in [0.15, 0.2) is 72.9 Å². The summed E-state index contributed by atoms with van der Waals surface area (Å²) in [6.07, 6.45) is 53.8. The van der Waals surface area contributed by atoms with Gasteiger partial charge in [-0.1, -0.05) is 248 Å². The van der Waals surface area contributed by atoms with Gasteiger partial charge in [-0.25, -0.2) is 0 Å². The summed E-state index contributed by atoms with van der Waals surface area (Å²) in [7, 11) is 0. The van der Waals surface area contributed by atoms with Gasteiger partial charge in [0.2, 0.25) is 5.91 Å². The summed E-state index contributed by atoms with van der Waals surface area (Å²) in [6, 6.07) is -1.05. The van der Waals surface area contributed by atoms with Gasteiger partial charge < -0.3 is 45.1 Å². The van der Waals surface area contributed by atoms with E-state index in [0.29, 0.717) is 12.8 Å². The van der Waals surface area contributed by atoms with Gasteiger partial charge in [-0.2, -0.15) is 0 Å². The molecule has 0 aromatic heterocycles. The number of aliphatic hydroxyl groups is 5. The van der Waals surface area contributed by atoms with Gasteiger partial charge in [0.15, 0.2) is 12.4 Å². The maximum absolute atomic E-state index is 13.3. The predicted molar refractivity (Wildman–Crippen MR) is 306 cm³/mol. The first-order valence-electron chi connectivity index (χ1n) is 30.3. The maximum atomic E-state index is 13.3. The van der Waals surface area contributed by atoms with Crippen LogP contribution in [0.5, 0.6) is 0 Å². The minimum absolute atomic E-state index is 0.116. The second kappa shape index (κ2) is 50.9. The Morgan fingerprint density at radius 2 is 0.986 bits per heavy atom. The molecule has 0 aromatic rings. The van der Waals surface area contributed by atoms with Crippen LogP contribution in [0, 0.1) is 0 Å². The van der Waals surface area contributed by atoms with E-state index in [1.165, 1.54) is 141 Å². The zero-order valence-corrected chi connectivity index (χ0v) is 47.2. The molecule has 8 unspecified atom stereocenters. The highest BCUT2D eigenvalue weighted by atomic mass is 16.7. The van der Waals surface area contributed by atoms with Crippen LogP contribution < -0.4 is 5.32 Å². The number of nitrogens with one attached hydrogen (secondary N) is 1. The number of allylic oxidation sites excluding steroid dienone is 11. The molecule has 1 amide bonds. The molecule has 0 aromatic carbocycles. The molecule has 11 heteroatoms. The third kappa shape index (κ3) is 38.6.